The summed E-state index contributed by atoms with van der Waals surface area (Å²) >= 11 is 5.84. The second kappa shape index (κ2) is 6.21. The van der Waals surface area contributed by atoms with E-state index in [2.05, 4.69) is 11.9 Å². The van der Waals surface area contributed by atoms with Crippen molar-refractivity contribution >= 4 is 17.3 Å². The molecule has 2 rings (SSSR count). The molecule has 6 heteroatoms. The Morgan fingerprint density at radius 3 is 3.00 bits per heavy atom. The monoisotopic (exact) mass is 284 g/mol. The van der Waals surface area contributed by atoms with E-state index >= 15 is 0 Å². The number of para-hydroxylation sites is 1. The Balaban J connectivity index is 2.07. The van der Waals surface area contributed by atoms with Gasteiger partial charge in [0.05, 0.1) is 4.92 Å². The molecule has 1 aromatic rings. The molecule has 1 fully saturated rings. The molecule has 1 aliphatic rings. The van der Waals surface area contributed by atoms with Crippen LogP contribution in [0.1, 0.15) is 19.3 Å². The van der Waals surface area contributed by atoms with Crippen molar-refractivity contribution in [3.05, 3.63) is 33.3 Å². The number of halogens is 1. The number of nitrogens with zero attached hydrogens (tertiary/aromatic N) is 2. The average molecular weight is 285 g/mol. The van der Waals surface area contributed by atoms with Crippen LogP contribution < -0.4 is 4.74 Å². The van der Waals surface area contributed by atoms with Gasteiger partial charge in [-0.05, 0) is 38.6 Å². The van der Waals surface area contributed by atoms with E-state index in [0.717, 1.165) is 13.0 Å². The number of hydrogen-bond donors (Lipinski definition) is 0. The van der Waals surface area contributed by atoms with Gasteiger partial charge in [-0.3, -0.25) is 10.1 Å². The number of rotatable bonds is 4. The van der Waals surface area contributed by atoms with Crippen molar-refractivity contribution in [1.29, 1.82) is 0 Å². The third-order valence-electron chi connectivity index (χ3n) is 3.49. The van der Waals surface area contributed by atoms with E-state index in [0.29, 0.717) is 12.6 Å². The molecule has 1 unspecified atom stereocenters. The highest BCUT2D eigenvalue weighted by atomic mass is 35.5. The van der Waals surface area contributed by atoms with Gasteiger partial charge in [-0.15, -0.1) is 0 Å². The molecule has 0 aliphatic carbocycles. The van der Waals surface area contributed by atoms with Gasteiger partial charge in [0.1, 0.15) is 11.6 Å². The zero-order valence-corrected chi connectivity index (χ0v) is 11.6. The molecule has 0 radical (unpaired) electrons. The highest BCUT2D eigenvalue weighted by Crippen LogP contribution is 2.34. The predicted molar refractivity (Wildman–Crippen MR) is 73.9 cm³/mol. The van der Waals surface area contributed by atoms with E-state index in [-0.39, 0.29) is 16.5 Å². The topological polar surface area (TPSA) is 55.6 Å². The Morgan fingerprint density at radius 1 is 1.53 bits per heavy atom. The number of likely N-dealkylation sites (tertiary alicyclic amines) is 1. The number of nitro groups is 1. The van der Waals surface area contributed by atoms with Gasteiger partial charge < -0.3 is 9.64 Å². The summed E-state index contributed by atoms with van der Waals surface area (Å²) < 4.78 is 5.62. The number of likely N-dealkylation sites (N-methyl/N-ethyl adjacent to an activating group) is 1. The quantitative estimate of drug-likeness (QED) is 0.630. The van der Waals surface area contributed by atoms with Crippen molar-refractivity contribution in [1.82, 2.24) is 4.90 Å². The first-order chi connectivity index (χ1) is 9.09. The largest absolute Gasteiger partial charge is 0.485 e. The van der Waals surface area contributed by atoms with Crippen molar-refractivity contribution in [2.24, 2.45) is 0 Å². The lowest BCUT2D eigenvalue weighted by Crippen LogP contribution is -2.40. The summed E-state index contributed by atoms with van der Waals surface area (Å²) in [5.74, 6) is 0.247. The smallest absolute Gasteiger partial charge is 0.329 e. The summed E-state index contributed by atoms with van der Waals surface area (Å²) in [5, 5.41) is 11.1. The third-order valence-corrected chi connectivity index (χ3v) is 3.79. The van der Waals surface area contributed by atoms with Crippen LogP contribution in [0.5, 0.6) is 5.75 Å². The fourth-order valence-corrected chi connectivity index (χ4v) is 2.56. The Hall–Kier alpha value is -1.33. The Labute approximate surface area is 117 Å². The van der Waals surface area contributed by atoms with Crippen molar-refractivity contribution in [3.8, 4) is 5.75 Å². The molecule has 0 N–H and O–H groups in total. The lowest BCUT2D eigenvalue weighted by Gasteiger charge is -2.32. The summed E-state index contributed by atoms with van der Waals surface area (Å²) in [6, 6.07) is 5.06. The van der Waals surface area contributed by atoms with Crippen LogP contribution >= 0.6 is 11.6 Å². The van der Waals surface area contributed by atoms with Gasteiger partial charge in [-0.1, -0.05) is 24.1 Å². The van der Waals surface area contributed by atoms with Crippen LogP contribution in [0.2, 0.25) is 5.02 Å². The number of ether oxygens (including phenoxy) is 1. The first kappa shape index (κ1) is 14.1. The maximum Gasteiger partial charge on any atom is 0.329 e. The minimum atomic E-state index is -0.498. The minimum absolute atomic E-state index is 0.111. The van der Waals surface area contributed by atoms with E-state index in [4.69, 9.17) is 16.3 Å². The van der Waals surface area contributed by atoms with E-state index in [1.54, 1.807) is 12.1 Å². The molecule has 104 valence electrons. The summed E-state index contributed by atoms with van der Waals surface area (Å²) in [6.45, 7) is 1.50. The van der Waals surface area contributed by atoms with Crippen molar-refractivity contribution in [2.75, 3.05) is 20.2 Å². The molecule has 5 nitrogen and oxygen atoms in total. The lowest BCUT2D eigenvalue weighted by atomic mass is 10.0. The highest BCUT2D eigenvalue weighted by molar-refractivity contribution is 6.32. The zero-order valence-electron chi connectivity index (χ0n) is 10.8. The highest BCUT2D eigenvalue weighted by Gasteiger charge is 2.23. The lowest BCUT2D eigenvalue weighted by molar-refractivity contribution is -0.385. The van der Waals surface area contributed by atoms with Gasteiger partial charge in [-0.25, -0.2) is 0 Å². The van der Waals surface area contributed by atoms with E-state index in [9.17, 15) is 10.1 Å². The number of hydrogen-bond acceptors (Lipinski definition) is 4. The summed E-state index contributed by atoms with van der Waals surface area (Å²) in [7, 11) is 2.06. The first-order valence-corrected chi connectivity index (χ1v) is 6.73. The summed E-state index contributed by atoms with van der Waals surface area (Å²) in [4.78, 5) is 12.7. The second-order valence-corrected chi connectivity index (χ2v) is 5.19. The van der Waals surface area contributed by atoms with Gasteiger partial charge in [-0.2, -0.15) is 0 Å². The molecule has 1 saturated heterocycles. The third kappa shape index (κ3) is 3.36. The van der Waals surface area contributed by atoms with Crippen molar-refractivity contribution in [2.45, 2.75) is 25.3 Å². The number of benzene rings is 1. The van der Waals surface area contributed by atoms with E-state index in [1.807, 2.05) is 0 Å². The first-order valence-electron chi connectivity index (χ1n) is 6.35. The molecule has 0 bridgehead atoms. The second-order valence-electron chi connectivity index (χ2n) is 4.78. The summed E-state index contributed by atoms with van der Waals surface area (Å²) in [6.07, 6.45) is 3.44. The maximum atomic E-state index is 11.0. The standard InChI is InChI=1S/C13H17ClN2O3/c1-15-8-3-2-5-10(15)9-19-12-7-4-6-11(14)13(12)16(17)18/h4,6-7,10H,2-3,5,8-9H2,1H3. The van der Waals surface area contributed by atoms with Crippen LogP contribution in [0.15, 0.2) is 18.2 Å². The van der Waals surface area contributed by atoms with Crippen LogP contribution in [-0.2, 0) is 0 Å². The zero-order chi connectivity index (χ0) is 13.8. The fourth-order valence-electron chi connectivity index (χ4n) is 2.33. The minimum Gasteiger partial charge on any atom is -0.485 e. The van der Waals surface area contributed by atoms with Crippen LogP contribution in [-0.4, -0.2) is 36.1 Å². The molecule has 1 heterocycles. The van der Waals surface area contributed by atoms with Gasteiger partial charge in [0.15, 0.2) is 5.75 Å². The average Bonchev–Trinajstić information content (AvgIpc) is 2.37. The molecular formula is C13H17ClN2O3. The van der Waals surface area contributed by atoms with E-state index < -0.39 is 4.92 Å². The van der Waals surface area contributed by atoms with Crippen LogP contribution in [0.25, 0.3) is 0 Å². The molecule has 0 amide bonds. The van der Waals surface area contributed by atoms with Gasteiger partial charge in [0.2, 0.25) is 0 Å². The summed E-state index contributed by atoms with van der Waals surface area (Å²) in [5.41, 5.74) is -0.150. The molecule has 19 heavy (non-hydrogen) atoms. The van der Waals surface area contributed by atoms with Gasteiger partial charge >= 0.3 is 5.69 Å². The molecule has 0 spiro atoms. The van der Waals surface area contributed by atoms with Gasteiger partial charge in [0, 0.05) is 6.04 Å². The normalized spacial score (nSPS) is 20.2. The van der Waals surface area contributed by atoms with Crippen molar-refractivity contribution in [3.63, 3.8) is 0 Å². The number of piperidine rings is 1. The van der Waals surface area contributed by atoms with Crippen molar-refractivity contribution < 1.29 is 9.66 Å². The Kier molecular flexibility index (Phi) is 4.61. The molecule has 1 atom stereocenters. The van der Waals surface area contributed by atoms with Crippen LogP contribution in [0.4, 0.5) is 5.69 Å². The molecule has 1 aliphatic heterocycles. The molecular weight excluding hydrogens is 268 g/mol. The molecule has 0 saturated carbocycles. The fraction of sp³-hybridized carbons (Fsp3) is 0.538. The van der Waals surface area contributed by atoms with Gasteiger partial charge in [0.25, 0.3) is 0 Å². The SMILES string of the molecule is CN1CCCCC1COc1cccc(Cl)c1[N+](=O)[O-]. The molecule has 0 aromatic heterocycles. The number of nitro benzene ring substituents is 1. The van der Waals surface area contributed by atoms with Crippen LogP contribution in [0.3, 0.4) is 0 Å². The molecule has 1 aromatic carbocycles. The Bertz CT molecular complexity index is 467. The van der Waals surface area contributed by atoms with Crippen LogP contribution in [0, 0.1) is 10.1 Å². The predicted octanol–water partition coefficient (Wildman–Crippen LogP) is 3.11. The Morgan fingerprint density at radius 2 is 2.32 bits per heavy atom. The van der Waals surface area contributed by atoms with E-state index in [1.165, 1.54) is 18.9 Å². The maximum absolute atomic E-state index is 11.0.